The van der Waals surface area contributed by atoms with Gasteiger partial charge in [-0.2, -0.15) is 0 Å². The van der Waals surface area contributed by atoms with E-state index in [4.69, 9.17) is 11.6 Å². The van der Waals surface area contributed by atoms with Crippen LogP contribution in [0.3, 0.4) is 0 Å². The van der Waals surface area contributed by atoms with Gasteiger partial charge in [-0.05, 0) is 36.4 Å². The summed E-state index contributed by atoms with van der Waals surface area (Å²) in [5, 5.41) is 9.67. The fraction of sp³-hybridized carbons (Fsp3) is 0. The number of halogens is 2. The lowest BCUT2D eigenvalue weighted by molar-refractivity contribution is 0.476. The number of fused-ring (bicyclic) bond motifs is 1. The Hall–Kier alpha value is -1.85. The van der Waals surface area contributed by atoms with Gasteiger partial charge in [0.2, 0.25) is 0 Å². The van der Waals surface area contributed by atoms with Crippen molar-refractivity contribution in [3.63, 3.8) is 0 Å². The van der Waals surface area contributed by atoms with Gasteiger partial charge in [0, 0.05) is 5.02 Å². The van der Waals surface area contributed by atoms with Crippen molar-refractivity contribution in [3.8, 4) is 11.4 Å². The summed E-state index contributed by atoms with van der Waals surface area (Å²) in [5.74, 6) is -0.500. The Morgan fingerprint density at radius 1 is 1.21 bits per heavy atom. The first-order chi connectivity index (χ1) is 9.06. The van der Waals surface area contributed by atoms with Crippen LogP contribution in [0.2, 0.25) is 5.02 Å². The smallest absolute Gasteiger partial charge is 0.312 e. The molecule has 0 unspecified atom stereocenters. The first-order valence-corrected chi connectivity index (χ1v) is 6.56. The van der Waals surface area contributed by atoms with E-state index in [0.29, 0.717) is 10.2 Å². The van der Waals surface area contributed by atoms with Gasteiger partial charge in [-0.1, -0.05) is 22.9 Å². The van der Waals surface area contributed by atoms with Crippen molar-refractivity contribution in [2.24, 2.45) is 0 Å². The van der Waals surface area contributed by atoms with E-state index in [1.807, 2.05) is 0 Å². The number of aromatic hydroxyl groups is 1. The zero-order chi connectivity index (χ0) is 13.6. The van der Waals surface area contributed by atoms with E-state index in [-0.39, 0.29) is 21.3 Å². The Labute approximate surface area is 116 Å². The normalized spacial score (nSPS) is 11.1. The quantitative estimate of drug-likeness (QED) is 0.746. The van der Waals surface area contributed by atoms with Crippen LogP contribution in [0.1, 0.15) is 0 Å². The standard InChI is InChI=1S/C13H7ClFNO2S/c14-7-1-3-10(9(15)5-7)16-11-4-2-8(17)6-12(11)19-13(16)18/h1-6,17H. The molecule has 19 heavy (non-hydrogen) atoms. The number of thiazole rings is 1. The van der Waals surface area contributed by atoms with Gasteiger partial charge in [-0.25, -0.2) is 4.39 Å². The van der Waals surface area contributed by atoms with Gasteiger partial charge in [0.25, 0.3) is 0 Å². The molecule has 0 aliphatic rings. The maximum Gasteiger partial charge on any atom is 0.312 e. The van der Waals surface area contributed by atoms with Gasteiger partial charge >= 0.3 is 4.87 Å². The van der Waals surface area contributed by atoms with Gasteiger partial charge in [-0.3, -0.25) is 9.36 Å². The lowest BCUT2D eigenvalue weighted by atomic mass is 10.2. The van der Waals surface area contributed by atoms with Crippen LogP contribution in [0.4, 0.5) is 4.39 Å². The monoisotopic (exact) mass is 295 g/mol. The number of aromatic nitrogens is 1. The highest BCUT2D eigenvalue weighted by molar-refractivity contribution is 7.16. The SMILES string of the molecule is O=c1sc2cc(O)ccc2n1-c1ccc(Cl)cc1F. The molecule has 0 saturated heterocycles. The molecule has 3 aromatic rings. The largest absolute Gasteiger partial charge is 0.508 e. The molecule has 0 amide bonds. The second-order valence-corrected chi connectivity index (χ2v) is 5.38. The van der Waals surface area contributed by atoms with Crippen molar-refractivity contribution in [1.82, 2.24) is 4.57 Å². The average Bonchev–Trinajstić information content (AvgIpc) is 2.65. The number of nitrogens with zero attached hydrogens (tertiary/aromatic N) is 1. The molecule has 0 fully saturated rings. The van der Waals surface area contributed by atoms with E-state index in [9.17, 15) is 14.3 Å². The highest BCUT2D eigenvalue weighted by Gasteiger charge is 2.13. The Kier molecular flexibility index (Phi) is 2.80. The third-order valence-electron chi connectivity index (χ3n) is 2.71. The zero-order valence-electron chi connectivity index (χ0n) is 9.43. The summed E-state index contributed by atoms with van der Waals surface area (Å²) in [5.41, 5.74) is 0.695. The predicted octanol–water partition coefficient (Wildman–Crippen LogP) is 3.55. The Morgan fingerprint density at radius 3 is 2.74 bits per heavy atom. The summed E-state index contributed by atoms with van der Waals surface area (Å²) in [7, 11) is 0. The fourth-order valence-electron chi connectivity index (χ4n) is 1.90. The highest BCUT2D eigenvalue weighted by atomic mass is 35.5. The molecule has 0 saturated carbocycles. The number of rotatable bonds is 1. The number of phenolic OH excluding ortho intramolecular Hbond substituents is 1. The molecular formula is C13H7ClFNO2S. The van der Waals surface area contributed by atoms with Crippen LogP contribution in [0.5, 0.6) is 5.75 Å². The van der Waals surface area contributed by atoms with E-state index < -0.39 is 5.82 Å². The molecule has 0 bridgehead atoms. The first-order valence-electron chi connectivity index (χ1n) is 5.36. The second kappa shape index (κ2) is 4.36. The number of benzene rings is 2. The predicted molar refractivity (Wildman–Crippen MR) is 74.1 cm³/mol. The van der Waals surface area contributed by atoms with Gasteiger partial charge in [0.05, 0.1) is 15.9 Å². The summed E-state index contributed by atoms with van der Waals surface area (Å²) in [6, 6.07) is 8.66. The molecule has 3 nitrogen and oxygen atoms in total. The van der Waals surface area contributed by atoms with Gasteiger partial charge < -0.3 is 5.11 Å². The summed E-state index contributed by atoms with van der Waals surface area (Å²) in [6.07, 6.45) is 0. The fourth-order valence-corrected chi connectivity index (χ4v) is 2.98. The molecule has 3 rings (SSSR count). The van der Waals surface area contributed by atoms with Gasteiger partial charge in [0.15, 0.2) is 0 Å². The molecule has 0 atom stereocenters. The van der Waals surface area contributed by atoms with Crippen LogP contribution in [0.15, 0.2) is 41.2 Å². The van der Waals surface area contributed by atoms with Crippen LogP contribution in [0.25, 0.3) is 15.9 Å². The molecule has 1 heterocycles. The maximum atomic E-state index is 13.9. The van der Waals surface area contributed by atoms with Crippen molar-refractivity contribution in [2.75, 3.05) is 0 Å². The van der Waals surface area contributed by atoms with E-state index in [2.05, 4.69) is 0 Å². The van der Waals surface area contributed by atoms with Gasteiger partial charge in [0.1, 0.15) is 11.6 Å². The molecule has 0 radical (unpaired) electrons. The third kappa shape index (κ3) is 2.01. The lowest BCUT2D eigenvalue weighted by Crippen LogP contribution is -2.11. The van der Waals surface area contributed by atoms with Crippen molar-refractivity contribution >= 4 is 33.2 Å². The topological polar surface area (TPSA) is 42.2 Å². The molecule has 1 N–H and O–H groups in total. The van der Waals surface area contributed by atoms with Crippen LogP contribution in [0, 0.1) is 5.82 Å². The van der Waals surface area contributed by atoms with E-state index in [1.165, 1.54) is 28.8 Å². The molecule has 6 heteroatoms. The van der Waals surface area contributed by atoms with Crippen molar-refractivity contribution in [2.45, 2.75) is 0 Å². The molecule has 0 spiro atoms. The molecule has 0 aliphatic carbocycles. The minimum atomic E-state index is -0.567. The van der Waals surface area contributed by atoms with Crippen molar-refractivity contribution < 1.29 is 9.50 Å². The van der Waals surface area contributed by atoms with Crippen LogP contribution in [-0.4, -0.2) is 9.67 Å². The van der Waals surface area contributed by atoms with Crippen LogP contribution < -0.4 is 4.87 Å². The minimum Gasteiger partial charge on any atom is -0.508 e. The van der Waals surface area contributed by atoms with Crippen molar-refractivity contribution in [1.29, 1.82) is 0 Å². The molecular weight excluding hydrogens is 289 g/mol. The summed E-state index contributed by atoms with van der Waals surface area (Å²) < 4.78 is 15.8. The average molecular weight is 296 g/mol. The highest BCUT2D eigenvalue weighted by Crippen LogP contribution is 2.26. The van der Waals surface area contributed by atoms with Crippen LogP contribution >= 0.6 is 22.9 Å². The van der Waals surface area contributed by atoms with Crippen molar-refractivity contribution in [3.05, 3.63) is 56.9 Å². The number of phenols is 1. The Balaban J connectivity index is 2.36. The zero-order valence-corrected chi connectivity index (χ0v) is 11.0. The molecule has 1 aromatic heterocycles. The lowest BCUT2D eigenvalue weighted by Gasteiger charge is -2.05. The first kappa shape index (κ1) is 12.2. The summed E-state index contributed by atoms with van der Waals surface area (Å²) >= 11 is 6.65. The Morgan fingerprint density at radius 2 is 2.00 bits per heavy atom. The van der Waals surface area contributed by atoms with E-state index >= 15 is 0 Å². The van der Waals surface area contributed by atoms with Crippen LogP contribution in [-0.2, 0) is 0 Å². The molecule has 96 valence electrons. The number of hydrogen-bond donors (Lipinski definition) is 1. The van der Waals surface area contributed by atoms with Gasteiger partial charge in [-0.15, -0.1) is 0 Å². The molecule has 0 aliphatic heterocycles. The molecule has 2 aromatic carbocycles. The maximum absolute atomic E-state index is 13.9. The summed E-state index contributed by atoms with van der Waals surface area (Å²) in [4.78, 5) is 11.7. The summed E-state index contributed by atoms with van der Waals surface area (Å²) in [6.45, 7) is 0. The van der Waals surface area contributed by atoms with E-state index in [0.717, 1.165) is 17.4 Å². The van der Waals surface area contributed by atoms with E-state index in [1.54, 1.807) is 6.07 Å². The number of hydrogen-bond acceptors (Lipinski definition) is 3. The minimum absolute atomic E-state index is 0.0671. The second-order valence-electron chi connectivity index (χ2n) is 3.95. The Bertz CT molecular complexity index is 840. The third-order valence-corrected chi connectivity index (χ3v) is 3.85.